The fraction of sp³-hybridized carbons (Fsp3) is 0.280. The van der Waals surface area contributed by atoms with Crippen molar-refractivity contribution in [2.75, 3.05) is 5.73 Å². The molecular weight excluding hydrogens is 475 g/mol. The third-order valence-corrected chi connectivity index (χ3v) is 5.35. The number of anilines is 1. The number of hydrogen-bond acceptors (Lipinski definition) is 6. The molecule has 4 aromatic rings. The standard InChI is InChI=1S/C23H23N5O.C2HF3O2/c1-3-4-8-20-27-21-22(28(20)2)18-12-17(9-10-19(18)26-23(21)25)29-14-16-7-5-6-15(11-16)13-24;3-2(4,5)1(6)7/h5-7,9-12H,3-4,8,14H2,1-2H3,(H2,25,26);(H,6,7). The van der Waals surface area contributed by atoms with Gasteiger partial charge in [0.05, 0.1) is 22.7 Å². The minimum atomic E-state index is -5.08. The van der Waals surface area contributed by atoms with Gasteiger partial charge in [0.1, 0.15) is 23.7 Å². The third-order valence-electron chi connectivity index (χ3n) is 5.35. The van der Waals surface area contributed by atoms with Crippen LogP contribution in [0.5, 0.6) is 5.75 Å². The van der Waals surface area contributed by atoms with Crippen LogP contribution in [0.15, 0.2) is 42.5 Å². The number of nitrogens with zero attached hydrogens (tertiary/aromatic N) is 4. The van der Waals surface area contributed by atoms with Crippen molar-refractivity contribution in [2.24, 2.45) is 7.05 Å². The molecule has 11 heteroatoms. The molecule has 0 radical (unpaired) electrons. The lowest BCUT2D eigenvalue weighted by Crippen LogP contribution is -2.21. The molecule has 36 heavy (non-hydrogen) atoms. The average molecular weight is 499 g/mol. The first-order valence-electron chi connectivity index (χ1n) is 11.0. The van der Waals surface area contributed by atoms with Crippen LogP contribution >= 0.6 is 0 Å². The molecule has 3 N–H and O–H groups in total. The molecular formula is C25H24F3N5O3. The summed E-state index contributed by atoms with van der Waals surface area (Å²) in [5, 5.41) is 17.1. The number of carbonyl (C=O) groups is 1. The maximum Gasteiger partial charge on any atom is 0.490 e. The van der Waals surface area contributed by atoms with Crippen molar-refractivity contribution < 1.29 is 27.8 Å². The van der Waals surface area contributed by atoms with E-state index in [4.69, 9.17) is 30.6 Å². The van der Waals surface area contributed by atoms with Gasteiger partial charge in [-0.2, -0.15) is 18.4 Å². The number of halogens is 3. The molecule has 0 bridgehead atoms. The van der Waals surface area contributed by atoms with Crippen molar-refractivity contribution in [1.82, 2.24) is 14.5 Å². The number of nitrogen functional groups attached to an aromatic ring is 1. The first kappa shape index (κ1) is 26.3. The molecule has 2 aromatic carbocycles. The Morgan fingerprint density at radius 1 is 1.22 bits per heavy atom. The fourth-order valence-corrected chi connectivity index (χ4v) is 3.56. The molecule has 0 unspecified atom stereocenters. The van der Waals surface area contributed by atoms with E-state index in [1.165, 1.54) is 0 Å². The van der Waals surface area contributed by atoms with E-state index < -0.39 is 12.1 Å². The zero-order chi connectivity index (χ0) is 26.5. The molecule has 0 saturated carbocycles. The second-order valence-electron chi connectivity index (χ2n) is 7.97. The molecule has 0 aliphatic rings. The van der Waals surface area contributed by atoms with E-state index in [0.29, 0.717) is 18.0 Å². The SMILES string of the molecule is CCCCc1nc2c(N)nc3ccc(OCc4cccc(C#N)c4)cc3c2n1C.O=C(O)C(F)(F)F. The summed E-state index contributed by atoms with van der Waals surface area (Å²) in [5.41, 5.74) is 10.3. The van der Waals surface area contributed by atoms with E-state index >= 15 is 0 Å². The highest BCUT2D eigenvalue weighted by atomic mass is 19.4. The Labute approximate surface area is 204 Å². The Morgan fingerprint density at radius 2 is 1.94 bits per heavy atom. The van der Waals surface area contributed by atoms with E-state index in [0.717, 1.165) is 58.3 Å². The lowest BCUT2D eigenvalue weighted by Gasteiger charge is -2.09. The number of aliphatic carboxylic acids is 1. The quantitative estimate of drug-likeness (QED) is 0.376. The van der Waals surface area contributed by atoms with E-state index in [1.54, 1.807) is 6.07 Å². The topological polar surface area (TPSA) is 127 Å². The van der Waals surface area contributed by atoms with Gasteiger partial charge in [0.25, 0.3) is 0 Å². The van der Waals surface area contributed by atoms with E-state index in [1.807, 2.05) is 43.4 Å². The molecule has 0 atom stereocenters. The molecule has 0 saturated heterocycles. The molecule has 0 fully saturated rings. The summed E-state index contributed by atoms with van der Waals surface area (Å²) in [7, 11) is 2.03. The number of benzene rings is 2. The van der Waals surface area contributed by atoms with Gasteiger partial charge in [-0.15, -0.1) is 0 Å². The number of carboxylic acids is 1. The van der Waals surface area contributed by atoms with Gasteiger partial charge in [0.15, 0.2) is 5.82 Å². The number of aryl methyl sites for hydroxylation is 2. The summed E-state index contributed by atoms with van der Waals surface area (Å²) in [5.74, 6) is -0.549. The molecule has 188 valence electrons. The highest BCUT2D eigenvalue weighted by Crippen LogP contribution is 2.31. The summed E-state index contributed by atoms with van der Waals surface area (Å²) >= 11 is 0. The van der Waals surface area contributed by atoms with Crippen molar-refractivity contribution in [3.05, 3.63) is 59.4 Å². The normalized spacial score (nSPS) is 11.1. The van der Waals surface area contributed by atoms with Gasteiger partial charge >= 0.3 is 12.1 Å². The largest absolute Gasteiger partial charge is 0.490 e. The van der Waals surface area contributed by atoms with Crippen molar-refractivity contribution >= 4 is 33.7 Å². The number of fused-ring (bicyclic) bond motifs is 3. The Bertz CT molecular complexity index is 1440. The van der Waals surface area contributed by atoms with Crippen LogP contribution in [-0.2, 0) is 24.9 Å². The van der Waals surface area contributed by atoms with Crippen molar-refractivity contribution in [3.63, 3.8) is 0 Å². The molecule has 2 heterocycles. The number of unbranched alkanes of at least 4 members (excludes halogenated alkanes) is 1. The molecule has 2 aromatic heterocycles. The summed E-state index contributed by atoms with van der Waals surface area (Å²) in [4.78, 5) is 18.2. The van der Waals surface area contributed by atoms with Crippen LogP contribution in [0.1, 0.15) is 36.7 Å². The maximum atomic E-state index is 10.6. The molecule has 0 spiro atoms. The highest BCUT2D eigenvalue weighted by Gasteiger charge is 2.38. The number of aromatic nitrogens is 3. The number of ether oxygens (including phenoxy) is 1. The van der Waals surface area contributed by atoms with Crippen LogP contribution < -0.4 is 10.5 Å². The van der Waals surface area contributed by atoms with Gasteiger partial charge in [0.2, 0.25) is 0 Å². The zero-order valence-electron chi connectivity index (χ0n) is 19.6. The number of hydrogen-bond donors (Lipinski definition) is 2. The van der Waals surface area contributed by atoms with Crippen LogP contribution in [0.2, 0.25) is 0 Å². The fourth-order valence-electron chi connectivity index (χ4n) is 3.56. The minimum absolute atomic E-state index is 0.389. The van der Waals surface area contributed by atoms with Gasteiger partial charge in [-0.3, -0.25) is 0 Å². The number of nitriles is 1. The van der Waals surface area contributed by atoms with Gasteiger partial charge in [-0.25, -0.2) is 14.8 Å². The predicted octanol–water partition coefficient (Wildman–Crippen LogP) is 5.13. The number of carboxylic acid groups (broad SMARTS) is 1. The molecule has 0 amide bonds. The van der Waals surface area contributed by atoms with Crippen LogP contribution in [0.4, 0.5) is 19.0 Å². The van der Waals surface area contributed by atoms with Gasteiger partial charge in [-0.05, 0) is 42.3 Å². The molecule has 8 nitrogen and oxygen atoms in total. The van der Waals surface area contributed by atoms with Crippen LogP contribution in [0.25, 0.3) is 21.9 Å². The number of pyridine rings is 1. The summed E-state index contributed by atoms with van der Waals surface area (Å²) in [6, 6.07) is 15.4. The first-order valence-corrected chi connectivity index (χ1v) is 11.0. The molecule has 0 aliphatic heterocycles. The number of rotatable bonds is 6. The smallest absolute Gasteiger partial charge is 0.489 e. The average Bonchev–Trinajstić information content (AvgIpc) is 3.18. The Morgan fingerprint density at radius 3 is 2.58 bits per heavy atom. The van der Waals surface area contributed by atoms with Crippen LogP contribution in [0, 0.1) is 11.3 Å². The van der Waals surface area contributed by atoms with Gasteiger partial charge in [0, 0.05) is 18.9 Å². The Hall–Kier alpha value is -4.33. The summed E-state index contributed by atoms with van der Waals surface area (Å²) in [6.07, 6.45) is -1.98. The first-order chi connectivity index (χ1) is 17.0. The van der Waals surface area contributed by atoms with Crippen molar-refractivity contribution in [3.8, 4) is 11.8 Å². The number of imidazole rings is 1. The number of alkyl halides is 3. The summed E-state index contributed by atoms with van der Waals surface area (Å²) in [6.45, 7) is 2.56. The zero-order valence-corrected chi connectivity index (χ0v) is 19.6. The summed E-state index contributed by atoms with van der Waals surface area (Å²) < 4.78 is 39.8. The lowest BCUT2D eigenvalue weighted by atomic mass is 10.1. The minimum Gasteiger partial charge on any atom is -0.489 e. The second kappa shape index (κ2) is 10.9. The predicted molar refractivity (Wildman–Crippen MR) is 128 cm³/mol. The van der Waals surface area contributed by atoms with E-state index in [-0.39, 0.29) is 0 Å². The Balaban J connectivity index is 0.000000454. The monoisotopic (exact) mass is 499 g/mol. The molecule has 4 rings (SSSR count). The van der Waals surface area contributed by atoms with Crippen molar-refractivity contribution in [2.45, 2.75) is 39.0 Å². The third kappa shape index (κ3) is 6.02. The van der Waals surface area contributed by atoms with Crippen LogP contribution in [0.3, 0.4) is 0 Å². The molecule has 0 aliphatic carbocycles. The lowest BCUT2D eigenvalue weighted by molar-refractivity contribution is -0.192. The van der Waals surface area contributed by atoms with E-state index in [2.05, 4.69) is 22.5 Å². The second-order valence-corrected chi connectivity index (χ2v) is 7.97. The van der Waals surface area contributed by atoms with Crippen molar-refractivity contribution in [1.29, 1.82) is 5.26 Å². The highest BCUT2D eigenvalue weighted by molar-refractivity contribution is 6.07. The van der Waals surface area contributed by atoms with Gasteiger partial charge < -0.3 is 20.1 Å². The van der Waals surface area contributed by atoms with Gasteiger partial charge in [-0.1, -0.05) is 25.5 Å². The van der Waals surface area contributed by atoms with Crippen LogP contribution in [-0.4, -0.2) is 31.8 Å². The Kier molecular flexibility index (Phi) is 7.99. The number of nitrogens with two attached hydrogens (primary N) is 1. The van der Waals surface area contributed by atoms with E-state index in [9.17, 15) is 13.2 Å². The maximum absolute atomic E-state index is 10.6.